The van der Waals surface area contributed by atoms with Gasteiger partial charge in [-0.25, -0.2) is 0 Å². The van der Waals surface area contributed by atoms with Crippen LogP contribution in [0.4, 0.5) is 0 Å². The van der Waals surface area contributed by atoms with Crippen LogP contribution in [0.15, 0.2) is 0 Å². The van der Waals surface area contributed by atoms with E-state index in [9.17, 15) is 0 Å². The monoisotopic (exact) mass is 292 g/mol. The Balaban J connectivity index is 1.64. The Bertz CT molecular complexity index is 445. The van der Waals surface area contributed by atoms with Crippen molar-refractivity contribution in [3.8, 4) is 0 Å². The van der Waals surface area contributed by atoms with Crippen molar-refractivity contribution in [3.63, 3.8) is 0 Å². The van der Waals surface area contributed by atoms with Crippen LogP contribution in [-0.4, -0.2) is 53.0 Å². The maximum atomic E-state index is 5.17. The molecule has 0 N–H and O–H groups in total. The summed E-state index contributed by atoms with van der Waals surface area (Å²) in [6.45, 7) is 5.49. The highest BCUT2D eigenvalue weighted by molar-refractivity contribution is 5.05. The third kappa shape index (κ3) is 3.64. The van der Waals surface area contributed by atoms with Crippen LogP contribution < -0.4 is 0 Å². The smallest absolute Gasteiger partial charge is 0.137 e. The zero-order valence-electron chi connectivity index (χ0n) is 13.3. The Kier molecular flexibility index (Phi) is 5.25. The van der Waals surface area contributed by atoms with Crippen molar-refractivity contribution in [3.05, 3.63) is 11.6 Å². The number of nitrogens with zero attached hydrogens (tertiary/aromatic N) is 4. The summed E-state index contributed by atoms with van der Waals surface area (Å²) in [5.41, 5.74) is 0. The third-order valence-electron chi connectivity index (χ3n) is 4.83. The molecule has 1 saturated heterocycles. The zero-order chi connectivity index (χ0) is 14.5. The molecule has 0 aliphatic carbocycles. The van der Waals surface area contributed by atoms with Crippen LogP contribution >= 0.6 is 0 Å². The van der Waals surface area contributed by atoms with Crippen LogP contribution in [0.1, 0.15) is 56.1 Å². The summed E-state index contributed by atoms with van der Waals surface area (Å²) in [6, 6.07) is 0. The molecule has 2 aliphatic rings. The molecule has 21 heavy (non-hydrogen) atoms. The van der Waals surface area contributed by atoms with Crippen molar-refractivity contribution in [2.75, 3.05) is 33.4 Å². The van der Waals surface area contributed by atoms with E-state index in [-0.39, 0.29) is 0 Å². The van der Waals surface area contributed by atoms with Gasteiger partial charge in [-0.1, -0.05) is 6.42 Å². The maximum absolute atomic E-state index is 5.17. The first-order valence-electron chi connectivity index (χ1n) is 8.51. The number of hydrogen-bond acceptors (Lipinski definition) is 4. The minimum Gasteiger partial charge on any atom is -0.385 e. The Morgan fingerprint density at radius 1 is 1.14 bits per heavy atom. The molecule has 1 fully saturated rings. The van der Waals surface area contributed by atoms with Gasteiger partial charge >= 0.3 is 0 Å². The number of likely N-dealkylation sites (tertiary alicyclic amines) is 1. The minimum absolute atomic E-state index is 0.570. The summed E-state index contributed by atoms with van der Waals surface area (Å²) < 4.78 is 7.59. The maximum Gasteiger partial charge on any atom is 0.137 e. The quantitative estimate of drug-likeness (QED) is 0.781. The normalized spacial score (nSPS) is 23.8. The summed E-state index contributed by atoms with van der Waals surface area (Å²) in [5.74, 6) is 3.04. The van der Waals surface area contributed by atoms with Crippen molar-refractivity contribution in [1.29, 1.82) is 0 Å². The predicted molar refractivity (Wildman–Crippen MR) is 82.5 cm³/mol. The highest BCUT2D eigenvalue weighted by atomic mass is 16.5. The lowest BCUT2D eigenvalue weighted by molar-refractivity contribution is 0.153. The Morgan fingerprint density at radius 3 is 3.00 bits per heavy atom. The van der Waals surface area contributed by atoms with E-state index in [4.69, 9.17) is 4.74 Å². The number of rotatable bonds is 5. The van der Waals surface area contributed by atoms with E-state index in [0.717, 1.165) is 39.1 Å². The molecule has 1 aromatic rings. The molecule has 0 spiro atoms. The second-order valence-electron chi connectivity index (χ2n) is 6.42. The molecule has 3 rings (SSSR count). The van der Waals surface area contributed by atoms with E-state index in [0.29, 0.717) is 5.92 Å². The number of aromatic nitrogens is 3. The van der Waals surface area contributed by atoms with Gasteiger partial charge in [-0.15, -0.1) is 10.2 Å². The molecule has 3 heterocycles. The fourth-order valence-corrected chi connectivity index (χ4v) is 3.71. The molecule has 0 amide bonds. The molecule has 0 bridgehead atoms. The van der Waals surface area contributed by atoms with Gasteiger partial charge in [-0.05, 0) is 38.6 Å². The molecular formula is C16H28N4O. The van der Waals surface area contributed by atoms with Gasteiger partial charge in [-0.3, -0.25) is 0 Å². The van der Waals surface area contributed by atoms with Gasteiger partial charge in [0.05, 0.1) is 0 Å². The number of methoxy groups -OCH3 is 1. The zero-order valence-corrected chi connectivity index (χ0v) is 13.3. The first kappa shape index (κ1) is 15.0. The molecule has 118 valence electrons. The van der Waals surface area contributed by atoms with E-state index in [1.54, 1.807) is 7.11 Å². The van der Waals surface area contributed by atoms with E-state index in [1.807, 2.05) is 0 Å². The van der Waals surface area contributed by atoms with Gasteiger partial charge < -0.3 is 14.2 Å². The van der Waals surface area contributed by atoms with Crippen LogP contribution in [0.3, 0.4) is 0 Å². The molecule has 5 nitrogen and oxygen atoms in total. The average Bonchev–Trinajstić information content (AvgIpc) is 2.77. The summed E-state index contributed by atoms with van der Waals surface area (Å²) in [7, 11) is 1.78. The van der Waals surface area contributed by atoms with E-state index in [2.05, 4.69) is 19.7 Å². The van der Waals surface area contributed by atoms with Gasteiger partial charge in [0.15, 0.2) is 0 Å². The summed E-state index contributed by atoms with van der Waals surface area (Å²) in [5, 5.41) is 9.02. The first-order valence-corrected chi connectivity index (χ1v) is 8.51. The van der Waals surface area contributed by atoms with Crippen molar-refractivity contribution in [1.82, 2.24) is 19.7 Å². The number of fused-ring (bicyclic) bond motifs is 1. The largest absolute Gasteiger partial charge is 0.385 e. The highest BCUT2D eigenvalue weighted by Crippen LogP contribution is 2.27. The summed E-state index contributed by atoms with van der Waals surface area (Å²) in [6.07, 6.45) is 8.65. The Labute approximate surface area is 127 Å². The van der Waals surface area contributed by atoms with Crippen molar-refractivity contribution >= 4 is 0 Å². The fourth-order valence-electron chi connectivity index (χ4n) is 3.71. The van der Waals surface area contributed by atoms with Crippen molar-refractivity contribution in [2.24, 2.45) is 0 Å². The second-order valence-corrected chi connectivity index (χ2v) is 6.42. The number of hydrogen-bond donors (Lipinski definition) is 0. The minimum atomic E-state index is 0.570. The summed E-state index contributed by atoms with van der Waals surface area (Å²) >= 11 is 0. The Hall–Kier alpha value is -0.940. The van der Waals surface area contributed by atoms with Crippen LogP contribution in [0.25, 0.3) is 0 Å². The topological polar surface area (TPSA) is 43.2 Å². The van der Waals surface area contributed by atoms with E-state index in [1.165, 1.54) is 50.3 Å². The van der Waals surface area contributed by atoms with Gasteiger partial charge in [0.2, 0.25) is 0 Å². The van der Waals surface area contributed by atoms with E-state index < -0.39 is 0 Å². The lowest BCUT2D eigenvalue weighted by Gasteiger charge is -2.32. The van der Waals surface area contributed by atoms with Gasteiger partial charge in [0.1, 0.15) is 11.6 Å². The number of aryl methyl sites for hydroxylation is 1. The number of piperidine rings is 1. The predicted octanol–water partition coefficient (Wildman–Crippen LogP) is 2.22. The first-order chi connectivity index (χ1) is 10.4. The molecule has 0 saturated carbocycles. The van der Waals surface area contributed by atoms with Crippen LogP contribution in [0.2, 0.25) is 0 Å². The lowest BCUT2D eigenvalue weighted by Crippen LogP contribution is -2.36. The standard InChI is InChI=1S/C16H28N4O/c1-21-12-6-10-19-9-5-7-14(13-19)16-18-17-15-8-3-2-4-11-20(15)16/h14H,2-13H2,1H3. The van der Waals surface area contributed by atoms with Crippen LogP contribution in [-0.2, 0) is 17.7 Å². The Morgan fingerprint density at radius 2 is 2.10 bits per heavy atom. The molecule has 2 aliphatic heterocycles. The molecule has 1 unspecified atom stereocenters. The van der Waals surface area contributed by atoms with E-state index >= 15 is 0 Å². The van der Waals surface area contributed by atoms with Gasteiger partial charge in [-0.2, -0.15) is 0 Å². The molecule has 5 heteroatoms. The van der Waals surface area contributed by atoms with Crippen molar-refractivity contribution in [2.45, 2.75) is 57.4 Å². The average molecular weight is 292 g/mol. The SMILES string of the molecule is COCCCN1CCCC(c2nnc3n2CCCCC3)C1. The molecular weight excluding hydrogens is 264 g/mol. The second kappa shape index (κ2) is 7.36. The molecule has 1 atom stereocenters. The molecule has 0 aromatic carbocycles. The fraction of sp³-hybridized carbons (Fsp3) is 0.875. The third-order valence-corrected chi connectivity index (χ3v) is 4.83. The lowest BCUT2D eigenvalue weighted by atomic mass is 9.97. The van der Waals surface area contributed by atoms with Crippen LogP contribution in [0, 0.1) is 0 Å². The number of ether oxygens (including phenoxy) is 1. The van der Waals surface area contributed by atoms with Crippen LogP contribution in [0.5, 0.6) is 0 Å². The molecule has 0 radical (unpaired) electrons. The van der Waals surface area contributed by atoms with Crippen molar-refractivity contribution < 1.29 is 4.74 Å². The van der Waals surface area contributed by atoms with Gasteiger partial charge in [0.25, 0.3) is 0 Å². The highest BCUT2D eigenvalue weighted by Gasteiger charge is 2.26. The summed E-state index contributed by atoms with van der Waals surface area (Å²) in [4.78, 5) is 2.57. The van der Waals surface area contributed by atoms with Gasteiger partial charge in [0, 0.05) is 45.7 Å². The molecule has 1 aromatic heterocycles.